The number of alkyl halides is 1. The molecule has 2 heterocycles. The number of benzene rings is 3. The average molecular weight is 505 g/mol. The second kappa shape index (κ2) is 9.88. The Morgan fingerprint density at radius 3 is 2.09 bits per heavy atom. The lowest BCUT2D eigenvalue weighted by atomic mass is 9.84. The highest BCUT2D eigenvalue weighted by Gasteiger charge is 2.58. The third-order valence-electron chi connectivity index (χ3n) is 6.66. The third kappa shape index (κ3) is 4.37. The number of hydrogen-bond acceptors (Lipinski definition) is 5. The molecule has 1 N–H and O–H groups in total. The molecule has 2 fully saturated rings. The molecule has 0 saturated carbocycles. The maximum atomic E-state index is 13.6. The first-order valence-corrected chi connectivity index (χ1v) is 13.1. The van der Waals surface area contributed by atoms with Crippen LogP contribution in [0.3, 0.4) is 0 Å². The van der Waals surface area contributed by atoms with Crippen LogP contribution in [0.25, 0.3) is 0 Å². The van der Waals surface area contributed by atoms with Gasteiger partial charge >= 0.3 is 5.97 Å². The molecule has 0 aromatic heterocycles. The van der Waals surface area contributed by atoms with Crippen molar-refractivity contribution >= 4 is 41.0 Å². The van der Waals surface area contributed by atoms with Gasteiger partial charge in [0.15, 0.2) is 6.10 Å². The van der Waals surface area contributed by atoms with Gasteiger partial charge in [-0.1, -0.05) is 91.0 Å². The summed E-state index contributed by atoms with van der Waals surface area (Å²) in [6.07, 6.45) is -0.571. The summed E-state index contributed by atoms with van der Waals surface area (Å²) in [4.78, 5) is 28.4. The number of thioether (sulfide) groups is 1. The summed E-state index contributed by atoms with van der Waals surface area (Å²) in [6, 6.07) is 28.5. The summed E-state index contributed by atoms with van der Waals surface area (Å²) in [6.45, 7) is 0.195. The van der Waals surface area contributed by atoms with E-state index in [2.05, 4.69) is 0 Å². The number of amides is 1. The lowest BCUT2D eigenvalue weighted by Crippen LogP contribution is -2.68. The van der Waals surface area contributed by atoms with E-state index in [-0.39, 0.29) is 23.7 Å². The summed E-state index contributed by atoms with van der Waals surface area (Å²) < 4.78 is 6.13. The number of halogens is 1. The number of β-lactam (4-membered cyclic amide) rings is 1. The van der Waals surface area contributed by atoms with Crippen molar-refractivity contribution in [2.24, 2.45) is 11.3 Å². The van der Waals surface area contributed by atoms with Crippen molar-refractivity contribution < 1.29 is 14.3 Å². The van der Waals surface area contributed by atoms with Gasteiger partial charge in [-0.05, 0) is 16.7 Å². The Balaban J connectivity index is 1.35. The summed E-state index contributed by atoms with van der Waals surface area (Å²) in [5.74, 6) is -0.579. The number of fused-ring (bicyclic) bond motifs is 1. The van der Waals surface area contributed by atoms with E-state index in [1.807, 2.05) is 91.0 Å². The van der Waals surface area contributed by atoms with E-state index in [1.165, 1.54) is 11.8 Å². The molecule has 3 aromatic rings. The van der Waals surface area contributed by atoms with Crippen LogP contribution in [-0.4, -0.2) is 46.0 Å². The number of hydrogen-bond donors (Lipinski definition) is 1. The largest absolute Gasteiger partial charge is 0.452 e. The standard InChI is InChI=1S/C28H25ClN2O3S/c29-16-28(27(33)34-24(20-12-6-2-7-13-20)21-14-8-3-9-15-21)17-31-25(32)22(26(31)35-18-28)23(30)19-10-4-1-5-11-19/h1-15,22,24,26,30H,16-18H2/t22?,26-,28?/m1/s1. The number of nitrogens with zero attached hydrogens (tertiary/aromatic N) is 1. The van der Waals surface area contributed by atoms with Crippen LogP contribution in [0.2, 0.25) is 0 Å². The predicted octanol–water partition coefficient (Wildman–Crippen LogP) is 5.14. The van der Waals surface area contributed by atoms with E-state index < -0.39 is 23.4 Å². The zero-order chi connectivity index (χ0) is 24.4. The van der Waals surface area contributed by atoms with Crippen LogP contribution in [0.5, 0.6) is 0 Å². The first kappa shape index (κ1) is 23.6. The number of nitrogens with one attached hydrogen (secondary N) is 1. The van der Waals surface area contributed by atoms with E-state index in [1.54, 1.807) is 4.90 Å². The molecule has 7 heteroatoms. The van der Waals surface area contributed by atoms with Crippen molar-refractivity contribution in [2.45, 2.75) is 11.5 Å². The van der Waals surface area contributed by atoms with E-state index >= 15 is 0 Å². The maximum Gasteiger partial charge on any atom is 0.316 e. The summed E-state index contributed by atoms with van der Waals surface area (Å²) in [5, 5.41) is 8.40. The van der Waals surface area contributed by atoms with E-state index in [9.17, 15) is 9.59 Å². The highest BCUT2D eigenvalue weighted by Crippen LogP contribution is 2.47. The maximum absolute atomic E-state index is 13.6. The molecule has 0 spiro atoms. The number of rotatable bonds is 7. The lowest BCUT2D eigenvalue weighted by molar-refractivity contribution is -0.163. The van der Waals surface area contributed by atoms with Gasteiger partial charge < -0.3 is 15.0 Å². The fraction of sp³-hybridized carbons (Fsp3) is 0.250. The predicted molar refractivity (Wildman–Crippen MR) is 139 cm³/mol. The SMILES string of the molecule is N=C(c1ccccc1)C1C(=O)N2CC(CCl)(C(=O)OC(c3ccccc3)c3ccccc3)CS[C@H]12. The molecule has 2 aliphatic rings. The molecule has 5 nitrogen and oxygen atoms in total. The molecule has 1 amide bonds. The zero-order valence-corrected chi connectivity index (χ0v) is 20.5. The fourth-order valence-corrected chi connectivity index (χ4v) is 6.64. The molecule has 0 aliphatic carbocycles. The smallest absolute Gasteiger partial charge is 0.316 e. The summed E-state index contributed by atoms with van der Waals surface area (Å²) in [5.41, 5.74) is 1.79. The monoisotopic (exact) mass is 504 g/mol. The van der Waals surface area contributed by atoms with Crippen LogP contribution in [0.1, 0.15) is 22.8 Å². The molecular formula is C28H25ClN2O3S. The quantitative estimate of drug-likeness (QED) is 0.209. The van der Waals surface area contributed by atoms with Gasteiger partial charge in [-0.3, -0.25) is 9.59 Å². The average Bonchev–Trinajstić information content (AvgIpc) is 2.92. The highest BCUT2D eigenvalue weighted by atomic mass is 35.5. The van der Waals surface area contributed by atoms with Gasteiger partial charge in [0.05, 0.1) is 11.1 Å². The second-order valence-electron chi connectivity index (χ2n) is 8.95. The highest BCUT2D eigenvalue weighted by molar-refractivity contribution is 8.00. The molecule has 178 valence electrons. The summed E-state index contributed by atoms with van der Waals surface area (Å²) >= 11 is 7.90. The third-order valence-corrected chi connectivity index (χ3v) is 8.76. The Kier molecular flexibility index (Phi) is 6.67. The van der Waals surface area contributed by atoms with Crippen LogP contribution in [0.4, 0.5) is 0 Å². The van der Waals surface area contributed by atoms with E-state index in [4.69, 9.17) is 21.7 Å². The zero-order valence-electron chi connectivity index (χ0n) is 19.0. The van der Waals surface area contributed by atoms with Crippen molar-refractivity contribution in [1.29, 1.82) is 5.41 Å². The van der Waals surface area contributed by atoms with Crippen LogP contribution >= 0.6 is 23.4 Å². The van der Waals surface area contributed by atoms with Gasteiger partial charge in [0.1, 0.15) is 11.3 Å². The number of ether oxygens (including phenoxy) is 1. The van der Waals surface area contributed by atoms with E-state index in [0.717, 1.165) is 16.7 Å². The van der Waals surface area contributed by atoms with Gasteiger partial charge in [-0.15, -0.1) is 23.4 Å². The Morgan fingerprint density at radius 1 is 1.00 bits per heavy atom. The minimum atomic E-state index is -1.01. The van der Waals surface area contributed by atoms with Gasteiger partial charge in [-0.2, -0.15) is 0 Å². The van der Waals surface area contributed by atoms with Crippen molar-refractivity contribution in [2.75, 3.05) is 18.2 Å². The van der Waals surface area contributed by atoms with Gasteiger partial charge in [0, 0.05) is 18.2 Å². The van der Waals surface area contributed by atoms with Crippen molar-refractivity contribution in [3.63, 3.8) is 0 Å². The van der Waals surface area contributed by atoms with Crippen LogP contribution in [-0.2, 0) is 14.3 Å². The molecule has 2 aliphatic heterocycles. The van der Waals surface area contributed by atoms with Gasteiger partial charge in [0.2, 0.25) is 5.91 Å². The minimum absolute atomic E-state index is 0.0480. The Hall–Kier alpha value is -3.09. The fourth-order valence-electron chi connectivity index (χ4n) is 4.63. The first-order valence-electron chi connectivity index (χ1n) is 11.5. The number of carbonyl (C=O) groups excluding carboxylic acids is 2. The normalized spacial score (nSPS) is 23.4. The molecule has 0 bridgehead atoms. The first-order chi connectivity index (χ1) is 17.0. The molecule has 3 atom stereocenters. The number of carbonyl (C=O) groups is 2. The van der Waals surface area contributed by atoms with E-state index in [0.29, 0.717) is 11.5 Å². The lowest BCUT2D eigenvalue weighted by Gasteiger charge is -2.54. The topological polar surface area (TPSA) is 70.5 Å². The molecular weight excluding hydrogens is 480 g/mol. The molecule has 2 saturated heterocycles. The van der Waals surface area contributed by atoms with Gasteiger partial charge in [0.25, 0.3) is 0 Å². The van der Waals surface area contributed by atoms with Crippen molar-refractivity contribution in [3.8, 4) is 0 Å². The Labute approximate surface area is 213 Å². The molecule has 3 aromatic carbocycles. The van der Waals surface area contributed by atoms with Crippen LogP contribution in [0.15, 0.2) is 91.0 Å². The van der Waals surface area contributed by atoms with Crippen LogP contribution < -0.4 is 0 Å². The Bertz CT molecular complexity index is 1190. The number of esters is 1. The van der Waals surface area contributed by atoms with Crippen LogP contribution in [0, 0.1) is 16.7 Å². The minimum Gasteiger partial charge on any atom is -0.452 e. The molecule has 0 radical (unpaired) electrons. The molecule has 35 heavy (non-hydrogen) atoms. The summed E-state index contributed by atoms with van der Waals surface area (Å²) in [7, 11) is 0. The van der Waals surface area contributed by atoms with Crippen molar-refractivity contribution in [3.05, 3.63) is 108 Å². The van der Waals surface area contributed by atoms with Gasteiger partial charge in [-0.25, -0.2) is 0 Å². The Morgan fingerprint density at radius 2 is 1.54 bits per heavy atom. The second-order valence-corrected chi connectivity index (χ2v) is 10.3. The van der Waals surface area contributed by atoms with Crippen molar-refractivity contribution in [1.82, 2.24) is 4.90 Å². The molecule has 2 unspecified atom stereocenters. The molecule has 5 rings (SSSR count).